The van der Waals surface area contributed by atoms with Gasteiger partial charge in [0.1, 0.15) is 5.82 Å². The van der Waals surface area contributed by atoms with Crippen molar-refractivity contribution >= 4 is 16.7 Å². The molecule has 3 aromatic rings. The van der Waals surface area contributed by atoms with E-state index in [0.717, 1.165) is 25.5 Å². The van der Waals surface area contributed by atoms with Crippen LogP contribution in [0.5, 0.6) is 5.88 Å². The van der Waals surface area contributed by atoms with E-state index >= 15 is 0 Å². The molecule has 3 N–H and O–H groups in total. The Balaban J connectivity index is 1.51. The number of aromatic hydroxyl groups is 1. The van der Waals surface area contributed by atoms with Gasteiger partial charge in [0.2, 0.25) is 0 Å². The molecule has 5 rings (SSSR count). The molecule has 2 saturated heterocycles. The molecule has 2 fully saturated rings. The van der Waals surface area contributed by atoms with Crippen molar-refractivity contribution in [3.05, 3.63) is 36.2 Å². The summed E-state index contributed by atoms with van der Waals surface area (Å²) in [5.74, 6) is 1.54. The van der Waals surface area contributed by atoms with E-state index in [0.29, 0.717) is 39.7 Å². The van der Waals surface area contributed by atoms with Crippen LogP contribution in [0.1, 0.15) is 12.0 Å². The van der Waals surface area contributed by atoms with Gasteiger partial charge >= 0.3 is 0 Å². The van der Waals surface area contributed by atoms with Crippen LogP contribution in [-0.2, 0) is 0 Å². The maximum absolute atomic E-state index is 10.3. The Morgan fingerprint density at radius 3 is 2.92 bits per heavy atom. The largest absolute Gasteiger partial charge is 0.494 e. The molecule has 2 aliphatic rings. The van der Waals surface area contributed by atoms with E-state index in [9.17, 15) is 10.4 Å². The van der Waals surface area contributed by atoms with Gasteiger partial charge < -0.3 is 20.3 Å². The fourth-order valence-corrected chi connectivity index (χ4v) is 4.23. The zero-order chi connectivity index (χ0) is 17.7. The summed E-state index contributed by atoms with van der Waals surface area (Å²) in [7, 11) is 0. The molecule has 2 aromatic heterocycles. The van der Waals surface area contributed by atoms with E-state index in [4.69, 9.17) is 0 Å². The van der Waals surface area contributed by atoms with Crippen LogP contribution in [-0.4, -0.2) is 45.7 Å². The number of aromatic nitrogens is 3. The molecule has 0 amide bonds. The Morgan fingerprint density at radius 1 is 1.23 bits per heavy atom. The molecule has 7 nitrogen and oxygen atoms in total. The second-order valence-electron chi connectivity index (χ2n) is 6.96. The van der Waals surface area contributed by atoms with Gasteiger partial charge in [0.15, 0.2) is 5.88 Å². The topological polar surface area (TPSA) is 101 Å². The van der Waals surface area contributed by atoms with Gasteiger partial charge in [-0.1, -0.05) is 6.07 Å². The van der Waals surface area contributed by atoms with Crippen molar-refractivity contribution < 1.29 is 5.11 Å². The van der Waals surface area contributed by atoms with Crippen molar-refractivity contribution in [1.82, 2.24) is 20.3 Å². The van der Waals surface area contributed by atoms with Gasteiger partial charge in [0.25, 0.3) is 0 Å². The summed E-state index contributed by atoms with van der Waals surface area (Å²) in [6.07, 6.45) is 4.64. The zero-order valence-corrected chi connectivity index (χ0v) is 14.1. The van der Waals surface area contributed by atoms with Gasteiger partial charge in [0.05, 0.1) is 40.8 Å². The number of nitrogens with zero attached hydrogens (tertiary/aromatic N) is 4. The van der Waals surface area contributed by atoms with Crippen molar-refractivity contribution in [3.8, 4) is 23.2 Å². The summed E-state index contributed by atoms with van der Waals surface area (Å²) < 4.78 is 0. The van der Waals surface area contributed by atoms with Crippen LogP contribution in [0.2, 0.25) is 0 Å². The first-order valence-electron chi connectivity index (χ1n) is 8.79. The number of hydrogen-bond acceptors (Lipinski definition) is 6. The molecule has 0 radical (unpaired) electrons. The molecule has 2 unspecified atom stereocenters. The van der Waals surface area contributed by atoms with E-state index in [1.807, 2.05) is 6.07 Å². The molecule has 26 heavy (non-hydrogen) atoms. The fourth-order valence-electron chi connectivity index (χ4n) is 4.23. The number of fused-ring (bicyclic) bond motifs is 2. The highest BCUT2D eigenvalue weighted by atomic mass is 16.3. The quantitative estimate of drug-likeness (QED) is 0.656. The predicted octanol–water partition coefficient (Wildman–Crippen LogP) is 2.00. The van der Waals surface area contributed by atoms with Crippen molar-refractivity contribution in [2.45, 2.75) is 12.5 Å². The average Bonchev–Trinajstić information content (AvgIpc) is 3.33. The van der Waals surface area contributed by atoms with E-state index in [-0.39, 0.29) is 5.88 Å². The minimum Gasteiger partial charge on any atom is -0.494 e. The lowest BCUT2D eigenvalue weighted by molar-refractivity contribution is 0.460. The monoisotopic (exact) mass is 346 g/mol. The molecule has 7 heteroatoms. The van der Waals surface area contributed by atoms with Crippen molar-refractivity contribution in [2.75, 3.05) is 24.5 Å². The second kappa shape index (κ2) is 5.71. The average molecular weight is 346 g/mol. The molecule has 0 spiro atoms. The first kappa shape index (κ1) is 15.2. The maximum atomic E-state index is 10.3. The number of benzene rings is 1. The highest BCUT2D eigenvalue weighted by Crippen LogP contribution is 2.37. The predicted molar refractivity (Wildman–Crippen MR) is 97.8 cm³/mol. The molecule has 0 aliphatic carbocycles. The molecule has 4 heterocycles. The number of anilines is 1. The number of nitrogens with one attached hydrogen (secondary N) is 2. The summed E-state index contributed by atoms with van der Waals surface area (Å²) >= 11 is 0. The van der Waals surface area contributed by atoms with Crippen LogP contribution >= 0.6 is 0 Å². The highest BCUT2D eigenvalue weighted by Gasteiger charge is 2.36. The third-order valence-electron chi connectivity index (χ3n) is 5.51. The minimum absolute atomic E-state index is 0.00431. The van der Waals surface area contributed by atoms with Gasteiger partial charge in [0, 0.05) is 24.5 Å². The molecule has 2 aliphatic heterocycles. The van der Waals surface area contributed by atoms with Gasteiger partial charge in [-0.15, -0.1) is 0 Å². The Morgan fingerprint density at radius 2 is 2.15 bits per heavy atom. The number of hydrogen-bond donors (Lipinski definition) is 3. The summed E-state index contributed by atoms with van der Waals surface area (Å²) in [6.45, 7) is 3.06. The molecular weight excluding hydrogens is 328 g/mol. The van der Waals surface area contributed by atoms with Crippen molar-refractivity contribution in [1.29, 1.82) is 5.26 Å². The Hall–Kier alpha value is -3.11. The third-order valence-corrected chi connectivity index (χ3v) is 5.51. The molecule has 0 saturated carbocycles. The molecular formula is C19H18N6O. The number of nitriles is 1. The third kappa shape index (κ3) is 2.23. The Labute approximate surface area is 150 Å². The van der Waals surface area contributed by atoms with Gasteiger partial charge in [-0.3, -0.25) is 4.98 Å². The van der Waals surface area contributed by atoms with Crippen LogP contribution in [0.3, 0.4) is 0 Å². The van der Waals surface area contributed by atoms with Crippen LogP contribution in [0.15, 0.2) is 30.6 Å². The van der Waals surface area contributed by atoms with Crippen molar-refractivity contribution in [3.63, 3.8) is 0 Å². The van der Waals surface area contributed by atoms with Gasteiger partial charge in [-0.05, 0) is 31.0 Å². The first-order valence-corrected chi connectivity index (χ1v) is 8.79. The standard InChI is InChI=1S/C19H18N6O/c20-6-11-2-1-3-13-17(11)18(19(26)24-13)14-7-23-16(8-22-14)25-9-12-4-5-21-15(12)10-25/h1-3,7-8,12,15,21,24,26H,4-5,9-10H2. The van der Waals surface area contributed by atoms with E-state index in [2.05, 4.69) is 31.2 Å². The lowest BCUT2D eigenvalue weighted by Gasteiger charge is -2.18. The zero-order valence-electron chi connectivity index (χ0n) is 14.1. The number of aromatic amines is 1. The SMILES string of the molecule is N#Cc1cccc2[nH]c(O)c(-c3cnc(N4CC5CCNC5C4)cn3)c12. The van der Waals surface area contributed by atoms with E-state index in [1.54, 1.807) is 24.5 Å². The van der Waals surface area contributed by atoms with Crippen LogP contribution in [0.4, 0.5) is 5.82 Å². The first-order chi connectivity index (χ1) is 12.7. The lowest BCUT2D eigenvalue weighted by Crippen LogP contribution is -2.30. The van der Waals surface area contributed by atoms with Gasteiger partial charge in [-0.2, -0.15) is 5.26 Å². The number of H-pyrrole nitrogens is 1. The smallest absolute Gasteiger partial charge is 0.199 e. The normalized spacial score (nSPS) is 21.9. The Bertz CT molecular complexity index is 1010. The van der Waals surface area contributed by atoms with Crippen LogP contribution < -0.4 is 10.2 Å². The highest BCUT2D eigenvalue weighted by molar-refractivity contribution is 6.01. The van der Waals surface area contributed by atoms with Gasteiger partial charge in [-0.25, -0.2) is 4.98 Å². The lowest BCUT2D eigenvalue weighted by atomic mass is 10.1. The molecule has 130 valence electrons. The van der Waals surface area contributed by atoms with Crippen LogP contribution in [0.25, 0.3) is 22.2 Å². The Kier molecular flexibility index (Phi) is 3.33. The second-order valence-corrected chi connectivity index (χ2v) is 6.96. The van der Waals surface area contributed by atoms with E-state index in [1.165, 1.54) is 6.42 Å². The summed E-state index contributed by atoms with van der Waals surface area (Å²) in [4.78, 5) is 14.3. The maximum Gasteiger partial charge on any atom is 0.199 e. The summed E-state index contributed by atoms with van der Waals surface area (Å²) in [5, 5.41) is 23.9. The summed E-state index contributed by atoms with van der Waals surface area (Å²) in [5.41, 5.74) is 2.29. The minimum atomic E-state index is 0.00431. The molecule has 2 atom stereocenters. The number of rotatable bonds is 2. The fraction of sp³-hybridized carbons (Fsp3) is 0.316. The molecule has 1 aromatic carbocycles. The van der Waals surface area contributed by atoms with E-state index < -0.39 is 0 Å². The van der Waals surface area contributed by atoms with Crippen LogP contribution in [0, 0.1) is 17.2 Å². The molecule has 0 bridgehead atoms. The summed E-state index contributed by atoms with van der Waals surface area (Å²) in [6, 6.07) is 8.08. The van der Waals surface area contributed by atoms with Crippen molar-refractivity contribution in [2.24, 2.45) is 5.92 Å².